The minimum absolute atomic E-state index is 0.0202. The molecule has 0 saturated carbocycles. The van der Waals surface area contributed by atoms with E-state index in [2.05, 4.69) is 20.3 Å². The van der Waals surface area contributed by atoms with Gasteiger partial charge in [-0.1, -0.05) is 5.16 Å². The second-order valence-corrected chi connectivity index (χ2v) is 6.15. The van der Waals surface area contributed by atoms with E-state index >= 15 is 0 Å². The summed E-state index contributed by atoms with van der Waals surface area (Å²) in [6, 6.07) is 2.36. The normalized spacial score (nSPS) is 24.3. The zero-order valence-electron chi connectivity index (χ0n) is 12.7. The van der Waals surface area contributed by atoms with Crippen LogP contribution in [0.25, 0.3) is 0 Å². The molecule has 2 saturated heterocycles. The highest BCUT2D eigenvalue weighted by atomic mass is 16.5. The summed E-state index contributed by atoms with van der Waals surface area (Å²) in [6.45, 7) is 6.73. The number of hydrogen-bond acceptors (Lipinski definition) is 5. The van der Waals surface area contributed by atoms with E-state index in [9.17, 15) is 4.79 Å². The molecule has 0 bridgehead atoms. The van der Waals surface area contributed by atoms with Crippen LogP contribution in [0, 0.1) is 6.92 Å². The molecule has 1 unspecified atom stereocenters. The van der Waals surface area contributed by atoms with E-state index in [-0.39, 0.29) is 5.91 Å². The van der Waals surface area contributed by atoms with Crippen LogP contribution in [0.3, 0.4) is 0 Å². The Labute approximate surface area is 125 Å². The van der Waals surface area contributed by atoms with Gasteiger partial charge in [-0.15, -0.1) is 0 Å². The van der Waals surface area contributed by atoms with Gasteiger partial charge in [0, 0.05) is 18.7 Å². The summed E-state index contributed by atoms with van der Waals surface area (Å²) in [7, 11) is 0. The molecular weight excluding hydrogens is 268 g/mol. The predicted octanol–water partition coefficient (Wildman–Crippen LogP) is 1.48. The van der Waals surface area contributed by atoms with Crippen molar-refractivity contribution >= 4 is 11.8 Å². The van der Waals surface area contributed by atoms with Crippen molar-refractivity contribution in [2.45, 2.75) is 38.6 Å². The first kappa shape index (κ1) is 14.5. The van der Waals surface area contributed by atoms with Crippen molar-refractivity contribution in [2.75, 3.05) is 38.0 Å². The molecule has 0 spiro atoms. The lowest BCUT2D eigenvalue weighted by Crippen LogP contribution is -2.48. The van der Waals surface area contributed by atoms with E-state index in [4.69, 9.17) is 4.52 Å². The van der Waals surface area contributed by atoms with Crippen LogP contribution in [-0.4, -0.2) is 59.6 Å². The SMILES string of the molecule is Cc1cc(NC(=O)CN2CCCC(N3CCCC3)C2)on1. The van der Waals surface area contributed by atoms with Crippen molar-refractivity contribution in [3.63, 3.8) is 0 Å². The predicted molar refractivity (Wildman–Crippen MR) is 80.1 cm³/mol. The maximum absolute atomic E-state index is 12.1. The minimum atomic E-state index is -0.0202. The minimum Gasteiger partial charge on any atom is -0.338 e. The molecule has 2 aliphatic heterocycles. The molecular formula is C15H24N4O2. The Morgan fingerprint density at radius 2 is 2.19 bits per heavy atom. The molecule has 1 aromatic heterocycles. The van der Waals surface area contributed by atoms with E-state index < -0.39 is 0 Å². The van der Waals surface area contributed by atoms with Crippen LogP contribution in [0.5, 0.6) is 0 Å². The summed E-state index contributed by atoms with van der Waals surface area (Å²) < 4.78 is 5.02. The highest BCUT2D eigenvalue weighted by Gasteiger charge is 2.27. The first-order chi connectivity index (χ1) is 10.2. The van der Waals surface area contributed by atoms with Gasteiger partial charge in [0.1, 0.15) is 0 Å². The Morgan fingerprint density at radius 3 is 2.90 bits per heavy atom. The van der Waals surface area contributed by atoms with Gasteiger partial charge in [0.15, 0.2) is 0 Å². The van der Waals surface area contributed by atoms with Gasteiger partial charge in [-0.3, -0.25) is 19.9 Å². The summed E-state index contributed by atoms with van der Waals surface area (Å²) >= 11 is 0. The highest BCUT2D eigenvalue weighted by molar-refractivity contribution is 5.90. The largest absolute Gasteiger partial charge is 0.338 e. The van der Waals surface area contributed by atoms with Crippen molar-refractivity contribution in [1.82, 2.24) is 15.0 Å². The Kier molecular flexibility index (Phi) is 4.55. The summed E-state index contributed by atoms with van der Waals surface area (Å²) in [4.78, 5) is 16.9. The fraction of sp³-hybridized carbons (Fsp3) is 0.733. The van der Waals surface area contributed by atoms with Gasteiger partial charge in [-0.25, -0.2) is 0 Å². The lowest BCUT2D eigenvalue weighted by molar-refractivity contribution is -0.117. The van der Waals surface area contributed by atoms with Crippen LogP contribution in [0.2, 0.25) is 0 Å². The van der Waals surface area contributed by atoms with Crippen molar-refractivity contribution in [3.05, 3.63) is 11.8 Å². The average Bonchev–Trinajstić information content (AvgIpc) is 3.11. The van der Waals surface area contributed by atoms with Gasteiger partial charge in [0.25, 0.3) is 0 Å². The molecule has 3 heterocycles. The molecule has 1 amide bonds. The lowest BCUT2D eigenvalue weighted by atomic mass is 10.0. The number of carbonyl (C=O) groups is 1. The zero-order chi connectivity index (χ0) is 14.7. The first-order valence-electron chi connectivity index (χ1n) is 7.90. The standard InChI is InChI=1S/C15H24N4O2/c1-12-9-15(21-17-12)16-14(20)11-18-6-4-5-13(10-18)19-7-2-3-8-19/h9,13H,2-8,10-11H2,1H3,(H,16,20). The summed E-state index contributed by atoms with van der Waals surface area (Å²) in [5.41, 5.74) is 0.775. The fourth-order valence-corrected chi connectivity index (χ4v) is 3.38. The molecule has 0 radical (unpaired) electrons. The smallest absolute Gasteiger partial charge is 0.240 e. The number of hydrogen-bond donors (Lipinski definition) is 1. The van der Waals surface area contributed by atoms with Crippen LogP contribution in [0.1, 0.15) is 31.4 Å². The van der Waals surface area contributed by atoms with Gasteiger partial charge in [-0.2, -0.15) is 0 Å². The molecule has 1 aromatic rings. The molecule has 116 valence electrons. The third kappa shape index (κ3) is 3.83. The van der Waals surface area contributed by atoms with Gasteiger partial charge in [-0.05, 0) is 52.2 Å². The number of aryl methyl sites for hydroxylation is 1. The first-order valence-corrected chi connectivity index (χ1v) is 7.90. The van der Waals surface area contributed by atoms with Crippen molar-refractivity contribution < 1.29 is 9.32 Å². The van der Waals surface area contributed by atoms with E-state index in [0.717, 1.165) is 18.8 Å². The number of aromatic nitrogens is 1. The van der Waals surface area contributed by atoms with Crippen LogP contribution in [0.4, 0.5) is 5.88 Å². The number of nitrogens with one attached hydrogen (secondary N) is 1. The third-order valence-electron chi connectivity index (χ3n) is 4.40. The summed E-state index contributed by atoms with van der Waals surface area (Å²) in [5, 5.41) is 6.54. The van der Waals surface area contributed by atoms with E-state index in [1.807, 2.05) is 6.92 Å². The number of nitrogens with zero attached hydrogens (tertiary/aromatic N) is 3. The number of piperidine rings is 1. The van der Waals surface area contributed by atoms with Crippen molar-refractivity contribution in [2.24, 2.45) is 0 Å². The Bertz CT molecular complexity index is 482. The van der Waals surface area contributed by atoms with E-state index in [1.54, 1.807) is 6.07 Å². The maximum Gasteiger partial charge on any atom is 0.240 e. The average molecular weight is 292 g/mol. The fourth-order valence-electron chi connectivity index (χ4n) is 3.38. The number of anilines is 1. The number of amides is 1. The Balaban J connectivity index is 1.48. The second-order valence-electron chi connectivity index (χ2n) is 6.15. The van der Waals surface area contributed by atoms with Crippen LogP contribution in [-0.2, 0) is 4.79 Å². The molecule has 2 aliphatic rings. The van der Waals surface area contributed by atoms with E-state index in [1.165, 1.54) is 38.8 Å². The number of carbonyl (C=O) groups excluding carboxylic acids is 1. The number of likely N-dealkylation sites (tertiary alicyclic amines) is 2. The van der Waals surface area contributed by atoms with Gasteiger partial charge < -0.3 is 4.52 Å². The molecule has 6 heteroatoms. The Morgan fingerprint density at radius 1 is 1.38 bits per heavy atom. The van der Waals surface area contributed by atoms with E-state index in [0.29, 0.717) is 18.5 Å². The van der Waals surface area contributed by atoms with Crippen LogP contribution in [0.15, 0.2) is 10.6 Å². The molecule has 6 nitrogen and oxygen atoms in total. The third-order valence-corrected chi connectivity index (χ3v) is 4.40. The quantitative estimate of drug-likeness (QED) is 0.911. The molecule has 1 atom stereocenters. The van der Waals surface area contributed by atoms with Gasteiger partial charge in [0.05, 0.1) is 12.2 Å². The molecule has 0 aromatic carbocycles. The molecule has 1 N–H and O–H groups in total. The van der Waals surface area contributed by atoms with Crippen LogP contribution >= 0.6 is 0 Å². The molecule has 21 heavy (non-hydrogen) atoms. The zero-order valence-corrected chi connectivity index (χ0v) is 12.7. The topological polar surface area (TPSA) is 61.6 Å². The van der Waals surface area contributed by atoms with Gasteiger partial charge >= 0.3 is 0 Å². The maximum atomic E-state index is 12.1. The van der Waals surface area contributed by atoms with Gasteiger partial charge in [0.2, 0.25) is 11.8 Å². The summed E-state index contributed by atoms with van der Waals surface area (Å²) in [6.07, 6.45) is 5.08. The Hall–Kier alpha value is -1.40. The van der Waals surface area contributed by atoms with Crippen molar-refractivity contribution in [3.8, 4) is 0 Å². The number of rotatable bonds is 4. The second kappa shape index (κ2) is 6.58. The molecule has 3 rings (SSSR count). The molecule has 2 fully saturated rings. The lowest BCUT2D eigenvalue weighted by Gasteiger charge is -2.37. The molecule has 0 aliphatic carbocycles. The van der Waals surface area contributed by atoms with Crippen molar-refractivity contribution in [1.29, 1.82) is 0 Å². The highest BCUT2D eigenvalue weighted by Crippen LogP contribution is 2.20. The monoisotopic (exact) mass is 292 g/mol. The van der Waals surface area contributed by atoms with Crippen LogP contribution < -0.4 is 5.32 Å². The summed E-state index contributed by atoms with van der Waals surface area (Å²) in [5.74, 6) is 0.416.